The zero-order valence-corrected chi connectivity index (χ0v) is 13.4. The molecule has 18 heavy (non-hydrogen) atoms. The van der Waals surface area contributed by atoms with Crippen molar-refractivity contribution in [2.45, 2.75) is 51.2 Å². The summed E-state index contributed by atoms with van der Waals surface area (Å²) in [7, 11) is 0. The normalized spacial score (nSPS) is 30.3. The number of hydrogen-bond acceptors (Lipinski definition) is 3. The van der Waals surface area contributed by atoms with Crippen LogP contribution in [0.3, 0.4) is 0 Å². The molecule has 0 aliphatic heterocycles. The fourth-order valence-electron chi connectivity index (χ4n) is 2.77. The summed E-state index contributed by atoms with van der Waals surface area (Å²) in [5.41, 5.74) is -0.380. The number of hydrogen-bond donors (Lipinski definition) is 1. The first-order valence-corrected chi connectivity index (χ1v) is 8.31. The first kappa shape index (κ1) is 14.5. The number of ether oxygens (including phenoxy) is 1. The van der Waals surface area contributed by atoms with Gasteiger partial charge in [-0.2, -0.15) is 0 Å². The Morgan fingerprint density at radius 1 is 1.56 bits per heavy atom. The van der Waals surface area contributed by atoms with E-state index >= 15 is 0 Å². The van der Waals surface area contributed by atoms with Crippen LogP contribution in [-0.4, -0.2) is 17.3 Å². The first-order chi connectivity index (χ1) is 8.59. The highest BCUT2D eigenvalue weighted by atomic mass is 79.9. The lowest BCUT2D eigenvalue weighted by Crippen LogP contribution is -2.42. The molecule has 1 fully saturated rings. The largest absolute Gasteiger partial charge is 0.384 e. The minimum absolute atomic E-state index is 0.380. The SMILES string of the molecule is CCOC1(C(O)c2sccc2Br)CCC(C)CC1. The van der Waals surface area contributed by atoms with E-state index in [-0.39, 0.29) is 5.60 Å². The molecule has 2 rings (SSSR count). The molecule has 102 valence electrons. The van der Waals surface area contributed by atoms with Gasteiger partial charge in [-0.1, -0.05) is 6.92 Å². The molecule has 1 N–H and O–H groups in total. The second kappa shape index (κ2) is 6.04. The highest BCUT2D eigenvalue weighted by Gasteiger charge is 2.43. The van der Waals surface area contributed by atoms with E-state index in [1.165, 1.54) is 0 Å². The predicted molar refractivity (Wildman–Crippen MR) is 79.0 cm³/mol. The van der Waals surface area contributed by atoms with Crippen LogP contribution >= 0.6 is 27.3 Å². The maximum Gasteiger partial charge on any atom is 0.118 e. The fourth-order valence-corrected chi connectivity index (χ4v) is 4.45. The van der Waals surface area contributed by atoms with Crippen LogP contribution in [0.2, 0.25) is 0 Å². The minimum Gasteiger partial charge on any atom is -0.384 e. The number of halogens is 1. The Labute approximate surface area is 121 Å². The Morgan fingerprint density at radius 2 is 2.22 bits per heavy atom. The molecule has 1 heterocycles. The Balaban J connectivity index is 2.22. The highest BCUT2D eigenvalue weighted by molar-refractivity contribution is 9.10. The van der Waals surface area contributed by atoms with E-state index in [0.29, 0.717) is 6.61 Å². The molecule has 2 nitrogen and oxygen atoms in total. The molecule has 0 bridgehead atoms. The maximum absolute atomic E-state index is 10.7. The fraction of sp³-hybridized carbons (Fsp3) is 0.714. The zero-order chi connectivity index (χ0) is 13.2. The lowest BCUT2D eigenvalue weighted by atomic mass is 9.76. The third kappa shape index (κ3) is 2.82. The van der Waals surface area contributed by atoms with Crippen molar-refractivity contribution in [1.82, 2.24) is 0 Å². The van der Waals surface area contributed by atoms with Gasteiger partial charge < -0.3 is 9.84 Å². The highest BCUT2D eigenvalue weighted by Crippen LogP contribution is 2.46. The van der Waals surface area contributed by atoms with Crippen LogP contribution in [0.5, 0.6) is 0 Å². The summed E-state index contributed by atoms with van der Waals surface area (Å²) in [6, 6.07) is 1.99. The van der Waals surface area contributed by atoms with Crippen molar-refractivity contribution in [1.29, 1.82) is 0 Å². The molecule has 1 aliphatic rings. The molecular weight excluding hydrogens is 312 g/mol. The van der Waals surface area contributed by atoms with E-state index in [9.17, 15) is 5.11 Å². The van der Waals surface area contributed by atoms with Crippen LogP contribution in [-0.2, 0) is 4.74 Å². The number of aliphatic hydroxyl groups excluding tert-OH is 1. The lowest BCUT2D eigenvalue weighted by molar-refractivity contribution is -0.145. The number of aliphatic hydroxyl groups is 1. The zero-order valence-electron chi connectivity index (χ0n) is 11.0. The van der Waals surface area contributed by atoms with Gasteiger partial charge in [0.1, 0.15) is 6.10 Å². The lowest BCUT2D eigenvalue weighted by Gasteiger charge is -2.42. The Morgan fingerprint density at radius 3 is 2.72 bits per heavy atom. The molecule has 1 saturated carbocycles. The van der Waals surface area contributed by atoms with Crippen molar-refractivity contribution in [3.63, 3.8) is 0 Å². The van der Waals surface area contributed by atoms with Gasteiger partial charge in [0.05, 0.1) is 10.5 Å². The van der Waals surface area contributed by atoms with E-state index in [0.717, 1.165) is 41.0 Å². The Hall–Kier alpha value is 0.100. The van der Waals surface area contributed by atoms with Gasteiger partial charge in [-0.3, -0.25) is 0 Å². The average molecular weight is 333 g/mol. The summed E-state index contributed by atoms with van der Waals surface area (Å²) in [4.78, 5) is 0.998. The summed E-state index contributed by atoms with van der Waals surface area (Å²) >= 11 is 5.12. The van der Waals surface area contributed by atoms with Gasteiger partial charge >= 0.3 is 0 Å². The second-order valence-electron chi connectivity index (χ2n) is 5.22. The van der Waals surface area contributed by atoms with Gasteiger partial charge in [-0.05, 0) is 65.9 Å². The van der Waals surface area contributed by atoms with Gasteiger partial charge in [0, 0.05) is 11.1 Å². The summed E-state index contributed by atoms with van der Waals surface area (Å²) in [6.45, 7) is 4.95. The van der Waals surface area contributed by atoms with Gasteiger partial charge in [-0.25, -0.2) is 0 Å². The average Bonchev–Trinajstić information content (AvgIpc) is 2.78. The van der Waals surface area contributed by atoms with Crippen molar-refractivity contribution in [3.05, 3.63) is 20.8 Å². The number of rotatable bonds is 4. The standard InChI is InChI=1S/C14H21BrO2S/c1-3-17-14(7-4-10(2)5-8-14)13(16)12-11(15)6-9-18-12/h6,9-10,13,16H,3-5,7-8H2,1-2H3. The van der Waals surface area contributed by atoms with Gasteiger partial charge in [0.2, 0.25) is 0 Å². The van der Waals surface area contributed by atoms with Crippen LogP contribution in [0.4, 0.5) is 0 Å². The van der Waals surface area contributed by atoms with E-state index in [1.54, 1.807) is 11.3 Å². The molecular formula is C14H21BrO2S. The molecule has 1 aromatic heterocycles. The molecule has 1 atom stereocenters. The third-order valence-corrected chi connectivity index (χ3v) is 5.87. The monoisotopic (exact) mass is 332 g/mol. The van der Waals surface area contributed by atoms with Crippen LogP contribution in [0, 0.1) is 5.92 Å². The molecule has 4 heteroatoms. The van der Waals surface area contributed by atoms with Gasteiger partial charge in [0.15, 0.2) is 0 Å². The molecule has 0 spiro atoms. The Kier molecular flexibility index (Phi) is 4.86. The van der Waals surface area contributed by atoms with Crippen LogP contribution in [0.15, 0.2) is 15.9 Å². The molecule has 0 aromatic carbocycles. The van der Waals surface area contributed by atoms with Crippen LogP contribution < -0.4 is 0 Å². The van der Waals surface area contributed by atoms with Crippen LogP contribution in [0.25, 0.3) is 0 Å². The molecule has 1 unspecified atom stereocenters. The van der Waals surface area contributed by atoms with Crippen molar-refractivity contribution in [2.75, 3.05) is 6.61 Å². The molecule has 1 aromatic rings. The van der Waals surface area contributed by atoms with Crippen LogP contribution in [0.1, 0.15) is 50.5 Å². The molecule has 0 saturated heterocycles. The van der Waals surface area contributed by atoms with Gasteiger partial charge in [0.25, 0.3) is 0 Å². The second-order valence-corrected chi connectivity index (χ2v) is 7.02. The van der Waals surface area contributed by atoms with E-state index in [2.05, 4.69) is 22.9 Å². The quantitative estimate of drug-likeness (QED) is 0.877. The van der Waals surface area contributed by atoms with E-state index in [4.69, 9.17) is 4.74 Å². The summed E-state index contributed by atoms with van der Waals surface area (Å²) in [5.74, 6) is 0.748. The maximum atomic E-state index is 10.7. The van der Waals surface area contributed by atoms with Crippen molar-refractivity contribution in [2.24, 2.45) is 5.92 Å². The number of thiophene rings is 1. The van der Waals surface area contributed by atoms with Crippen molar-refractivity contribution >= 4 is 27.3 Å². The van der Waals surface area contributed by atoms with Crippen molar-refractivity contribution < 1.29 is 9.84 Å². The predicted octanol–water partition coefficient (Wildman–Crippen LogP) is 4.53. The first-order valence-electron chi connectivity index (χ1n) is 6.64. The third-order valence-electron chi connectivity index (χ3n) is 3.94. The Bertz CT molecular complexity index is 383. The molecule has 1 aliphatic carbocycles. The topological polar surface area (TPSA) is 29.5 Å². The molecule has 0 radical (unpaired) electrons. The minimum atomic E-state index is -0.515. The summed E-state index contributed by atoms with van der Waals surface area (Å²) in [6.07, 6.45) is 3.67. The van der Waals surface area contributed by atoms with Gasteiger partial charge in [-0.15, -0.1) is 11.3 Å². The van der Waals surface area contributed by atoms with Crippen molar-refractivity contribution in [3.8, 4) is 0 Å². The molecule has 0 amide bonds. The van der Waals surface area contributed by atoms with E-state index < -0.39 is 6.10 Å². The smallest absolute Gasteiger partial charge is 0.118 e. The van der Waals surface area contributed by atoms with E-state index in [1.807, 2.05) is 18.4 Å². The summed E-state index contributed by atoms with van der Waals surface area (Å²) < 4.78 is 6.99. The summed E-state index contributed by atoms with van der Waals surface area (Å²) in [5, 5.41) is 12.7.